The molecule has 2 heterocycles. The van der Waals surface area contributed by atoms with E-state index in [4.69, 9.17) is 10.8 Å². The van der Waals surface area contributed by atoms with Crippen molar-refractivity contribution in [3.63, 3.8) is 0 Å². The minimum absolute atomic E-state index is 0.0107. The number of carboxylic acids is 1. The highest BCUT2D eigenvalue weighted by Gasteiger charge is 2.29. The minimum atomic E-state index is -1.11. The Morgan fingerprint density at radius 1 is 1.67 bits per heavy atom. The molecule has 0 aromatic carbocycles. The number of nitrogens with zero attached hydrogens (tertiary/aromatic N) is 2. The van der Waals surface area contributed by atoms with Crippen LogP contribution in [0.4, 0.5) is 11.5 Å². The Bertz CT molecular complexity index is 503. The van der Waals surface area contributed by atoms with Crippen LogP contribution in [0.2, 0.25) is 0 Å². The van der Waals surface area contributed by atoms with Gasteiger partial charge in [-0.25, -0.2) is 9.78 Å². The predicted molar refractivity (Wildman–Crippen MR) is 65.4 cm³/mol. The van der Waals surface area contributed by atoms with Gasteiger partial charge in [-0.05, 0) is 13.0 Å². The number of aromatic nitrogens is 1. The minimum Gasteiger partial charge on any atom is -0.478 e. The van der Waals surface area contributed by atoms with Crippen molar-refractivity contribution in [1.29, 1.82) is 0 Å². The number of nitrogens with one attached hydrogen (secondary N) is 1. The number of hydrogen-bond acceptors (Lipinski definition) is 5. The van der Waals surface area contributed by atoms with Crippen LogP contribution < -0.4 is 16.0 Å². The maximum atomic E-state index is 11.6. The quantitative estimate of drug-likeness (QED) is 0.664. The van der Waals surface area contributed by atoms with Crippen molar-refractivity contribution in [2.24, 2.45) is 0 Å². The lowest BCUT2D eigenvalue weighted by molar-refractivity contribution is -0.122. The number of nitrogens with two attached hydrogens (primary N) is 1. The van der Waals surface area contributed by atoms with Crippen LogP contribution in [0, 0.1) is 0 Å². The summed E-state index contributed by atoms with van der Waals surface area (Å²) in [5.74, 6) is -0.974. The molecular formula is C11H14N4O3. The fourth-order valence-electron chi connectivity index (χ4n) is 1.93. The predicted octanol–water partition coefficient (Wildman–Crippen LogP) is -0.313. The number of rotatable bonds is 2. The van der Waals surface area contributed by atoms with Crippen molar-refractivity contribution in [2.75, 3.05) is 23.7 Å². The number of pyridine rings is 1. The first-order valence-corrected chi connectivity index (χ1v) is 5.54. The monoisotopic (exact) mass is 250 g/mol. The van der Waals surface area contributed by atoms with Gasteiger partial charge in [0.1, 0.15) is 17.4 Å². The van der Waals surface area contributed by atoms with Crippen LogP contribution in [-0.2, 0) is 4.79 Å². The lowest BCUT2D eigenvalue weighted by atomic mass is 10.1. The summed E-state index contributed by atoms with van der Waals surface area (Å²) in [4.78, 5) is 28.5. The van der Waals surface area contributed by atoms with Gasteiger partial charge >= 0.3 is 5.97 Å². The van der Waals surface area contributed by atoms with E-state index in [0.717, 1.165) is 0 Å². The Labute approximate surface area is 104 Å². The van der Waals surface area contributed by atoms with E-state index in [1.54, 1.807) is 11.8 Å². The summed E-state index contributed by atoms with van der Waals surface area (Å²) in [6.45, 7) is 2.69. The van der Waals surface area contributed by atoms with Crippen molar-refractivity contribution in [1.82, 2.24) is 10.3 Å². The third kappa shape index (κ3) is 2.06. The first kappa shape index (κ1) is 12.2. The smallest absolute Gasteiger partial charge is 0.339 e. The number of piperazine rings is 1. The van der Waals surface area contributed by atoms with E-state index in [2.05, 4.69) is 10.3 Å². The lowest BCUT2D eigenvalue weighted by Gasteiger charge is -2.34. The topological polar surface area (TPSA) is 109 Å². The SMILES string of the molecule is CC1C(=O)NCCN1c1ncc(N)cc1C(=O)O. The zero-order chi connectivity index (χ0) is 13.3. The molecule has 1 unspecified atom stereocenters. The molecule has 1 atom stereocenters. The third-order valence-electron chi connectivity index (χ3n) is 2.89. The van der Waals surface area contributed by atoms with Crippen LogP contribution in [0.15, 0.2) is 12.3 Å². The summed E-state index contributed by atoms with van der Waals surface area (Å²) in [5, 5.41) is 11.9. The summed E-state index contributed by atoms with van der Waals surface area (Å²) in [5.41, 5.74) is 5.83. The molecule has 0 saturated carbocycles. The van der Waals surface area contributed by atoms with Gasteiger partial charge in [0.2, 0.25) is 5.91 Å². The molecule has 1 aliphatic heterocycles. The van der Waals surface area contributed by atoms with E-state index in [-0.39, 0.29) is 23.0 Å². The van der Waals surface area contributed by atoms with Crippen LogP contribution in [0.25, 0.3) is 0 Å². The van der Waals surface area contributed by atoms with Gasteiger partial charge in [-0.1, -0.05) is 0 Å². The van der Waals surface area contributed by atoms with E-state index in [0.29, 0.717) is 13.1 Å². The molecule has 1 aromatic rings. The zero-order valence-corrected chi connectivity index (χ0v) is 9.88. The molecule has 1 aromatic heterocycles. The highest BCUT2D eigenvalue weighted by Crippen LogP contribution is 2.23. The van der Waals surface area contributed by atoms with Crippen molar-refractivity contribution in [3.8, 4) is 0 Å². The Morgan fingerprint density at radius 3 is 3.06 bits per heavy atom. The fraction of sp³-hybridized carbons (Fsp3) is 0.364. The first-order chi connectivity index (χ1) is 8.50. The van der Waals surface area contributed by atoms with Crippen LogP contribution in [-0.4, -0.2) is 41.1 Å². The molecule has 1 aliphatic rings. The molecule has 7 heteroatoms. The van der Waals surface area contributed by atoms with Gasteiger partial charge in [0, 0.05) is 13.1 Å². The van der Waals surface area contributed by atoms with Crippen LogP contribution in [0.1, 0.15) is 17.3 Å². The van der Waals surface area contributed by atoms with Gasteiger partial charge in [0.05, 0.1) is 11.9 Å². The summed E-state index contributed by atoms with van der Waals surface area (Å²) in [6.07, 6.45) is 1.39. The molecule has 0 radical (unpaired) electrons. The number of carbonyl (C=O) groups is 2. The van der Waals surface area contributed by atoms with E-state index in [9.17, 15) is 9.59 Å². The number of anilines is 2. The van der Waals surface area contributed by atoms with Crippen molar-refractivity contribution >= 4 is 23.4 Å². The molecule has 2 rings (SSSR count). The third-order valence-corrected chi connectivity index (χ3v) is 2.89. The Morgan fingerprint density at radius 2 is 2.39 bits per heavy atom. The second kappa shape index (κ2) is 4.52. The van der Waals surface area contributed by atoms with Gasteiger partial charge < -0.3 is 21.1 Å². The van der Waals surface area contributed by atoms with Gasteiger partial charge in [0.25, 0.3) is 0 Å². The normalized spacial score (nSPS) is 19.5. The second-order valence-electron chi connectivity index (χ2n) is 4.11. The summed E-state index contributed by atoms with van der Waals surface area (Å²) >= 11 is 0. The first-order valence-electron chi connectivity index (χ1n) is 5.54. The Kier molecular flexibility index (Phi) is 3.05. The van der Waals surface area contributed by atoms with Crippen molar-refractivity contribution in [3.05, 3.63) is 17.8 Å². The van der Waals surface area contributed by atoms with Crippen LogP contribution in [0.5, 0.6) is 0 Å². The number of carboxylic acid groups (broad SMARTS) is 1. The zero-order valence-electron chi connectivity index (χ0n) is 9.88. The average molecular weight is 250 g/mol. The molecular weight excluding hydrogens is 236 g/mol. The molecule has 1 fully saturated rings. The highest BCUT2D eigenvalue weighted by atomic mass is 16.4. The summed E-state index contributed by atoms with van der Waals surface area (Å²) in [6, 6.07) is 0.900. The fourth-order valence-corrected chi connectivity index (χ4v) is 1.93. The lowest BCUT2D eigenvalue weighted by Crippen LogP contribution is -2.54. The second-order valence-corrected chi connectivity index (χ2v) is 4.11. The molecule has 18 heavy (non-hydrogen) atoms. The number of nitrogen functional groups attached to an aromatic ring is 1. The van der Waals surface area contributed by atoms with Crippen molar-refractivity contribution < 1.29 is 14.7 Å². The van der Waals surface area contributed by atoms with Crippen molar-refractivity contribution in [2.45, 2.75) is 13.0 Å². The van der Waals surface area contributed by atoms with Gasteiger partial charge in [0.15, 0.2) is 0 Å². The molecule has 0 spiro atoms. The van der Waals surface area contributed by atoms with E-state index in [1.807, 2.05) is 0 Å². The van der Waals surface area contributed by atoms with E-state index < -0.39 is 12.0 Å². The van der Waals surface area contributed by atoms with Gasteiger partial charge in [-0.15, -0.1) is 0 Å². The molecule has 1 saturated heterocycles. The molecule has 96 valence electrons. The van der Waals surface area contributed by atoms with E-state index >= 15 is 0 Å². The van der Waals surface area contributed by atoms with Crippen LogP contribution in [0.3, 0.4) is 0 Å². The average Bonchev–Trinajstić information content (AvgIpc) is 2.33. The largest absolute Gasteiger partial charge is 0.478 e. The standard InChI is InChI=1S/C11H14N4O3/c1-6-10(16)13-2-3-15(6)9-8(11(17)18)4-7(12)5-14-9/h4-6H,2-3,12H2,1H3,(H,13,16)(H,17,18). The summed E-state index contributed by atoms with van der Waals surface area (Å²) in [7, 11) is 0. The number of amides is 1. The van der Waals surface area contributed by atoms with E-state index in [1.165, 1.54) is 12.3 Å². The number of carbonyl (C=O) groups excluding carboxylic acids is 1. The van der Waals surface area contributed by atoms with Gasteiger partial charge in [-0.3, -0.25) is 4.79 Å². The van der Waals surface area contributed by atoms with Crippen LogP contribution >= 0.6 is 0 Å². The number of aromatic carboxylic acids is 1. The van der Waals surface area contributed by atoms with Gasteiger partial charge in [-0.2, -0.15) is 0 Å². The summed E-state index contributed by atoms with van der Waals surface area (Å²) < 4.78 is 0. The molecule has 7 nitrogen and oxygen atoms in total. The molecule has 1 amide bonds. The maximum absolute atomic E-state index is 11.6. The molecule has 4 N–H and O–H groups in total. The maximum Gasteiger partial charge on any atom is 0.339 e. The Hall–Kier alpha value is -2.31. The molecule has 0 bridgehead atoms. The Balaban J connectivity index is 2.43. The number of hydrogen-bond donors (Lipinski definition) is 3. The highest BCUT2D eigenvalue weighted by molar-refractivity contribution is 5.96. The molecule has 0 aliphatic carbocycles.